The van der Waals surface area contributed by atoms with Crippen LogP contribution in [0.3, 0.4) is 0 Å². The highest BCUT2D eigenvalue weighted by Gasteiger charge is 2.11. The third kappa shape index (κ3) is 3.45. The van der Waals surface area contributed by atoms with Crippen molar-refractivity contribution in [2.24, 2.45) is 0 Å². The number of rotatable bonds is 4. The highest BCUT2D eigenvalue weighted by molar-refractivity contribution is 6.30. The molecule has 2 aromatic rings. The summed E-state index contributed by atoms with van der Waals surface area (Å²) in [4.78, 5) is 16.1. The molecule has 0 saturated heterocycles. The Hall–Kier alpha value is -2.08. The van der Waals surface area contributed by atoms with Gasteiger partial charge < -0.3 is 15.2 Å². The lowest BCUT2D eigenvalue weighted by molar-refractivity contribution is 0.102. The molecule has 7 heteroatoms. The van der Waals surface area contributed by atoms with Crippen LogP contribution in [-0.4, -0.2) is 22.6 Å². The number of pyridine rings is 1. The van der Waals surface area contributed by atoms with Crippen molar-refractivity contribution in [3.05, 3.63) is 34.7 Å². The van der Waals surface area contributed by atoms with Gasteiger partial charge in [-0.25, -0.2) is 4.98 Å². The molecule has 1 amide bonds. The normalized spacial score (nSPS) is 10.3. The summed E-state index contributed by atoms with van der Waals surface area (Å²) in [6.07, 6.45) is 0. The molecule has 0 aliphatic rings. The highest BCUT2D eigenvalue weighted by atomic mass is 35.5. The molecule has 0 aliphatic carbocycles. The van der Waals surface area contributed by atoms with Gasteiger partial charge in [-0.2, -0.15) is 0 Å². The number of amides is 1. The Morgan fingerprint density at radius 3 is 2.79 bits per heavy atom. The number of hydrogen-bond acceptors (Lipinski definition) is 5. The van der Waals surface area contributed by atoms with Crippen LogP contribution in [0.25, 0.3) is 0 Å². The van der Waals surface area contributed by atoms with Crippen molar-refractivity contribution >= 4 is 29.1 Å². The van der Waals surface area contributed by atoms with Crippen LogP contribution >= 0.6 is 11.6 Å². The minimum Gasteiger partial charge on any atom is -0.370 e. The predicted octanol–water partition coefficient (Wildman–Crippen LogP) is 2.72. The van der Waals surface area contributed by atoms with Crippen molar-refractivity contribution in [1.29, 1.82) is 0 Å². The third-order valence-electron chi connectivity index (χ3n) is 2.28. The summed E-state index contributed by atoms with van der Waals surface area (Å²) < 4.78 is 4.87. The number of aromatic nitrogens is 2. The fourth-order valence-corrected chi connectivity index (χ4v) is 1.72. The number of halogens is 1. The quantitative estimate of drug-likeness (QED) is 0.842. The first kappa shape index (κ1) is 13.4. The lowest BCUT2D eigenvalue weighted by Gasteiger charge is -2.06. The second-order valence-electron chi connectivity index (χ2n) is 3.87. The average Bonchev–Trinajstić information content (AvgIpc) is 2.74. The average molecular weight is 281 g/mol. The summed E-state index contributed by atoms with van der Waals surface area (Å²) in [5.41, 5.74) is 0.400. The zero-order valence-electron chi connectivity index (χ0n) is 10.5. The molecule has 0 radical (unpaired) electrons. The molecular formula is C12H13ClN4O2. The van der Waals surface area contributed by atoms with E-state index >= 15 is 0 Å². The molecule has 2 heterocycles. The maximum absolute atomic E-state index is 12.0. The highest BCUT2D eigenvalue weighted by Crippen LogP contribution is 2.16. The Bertz CT molecular complexity index is 597. The number of nitrogens with zero attached hydrogens (tertiary/aromatic N) is 2. The molecule has 0 aliphatic heterocycles. The van der Waals surface area contributed by atoms with Gasteiger partial charge in [-0.05, 0) is 26.0 Å². The Morgan fingerprint density at radius 2 is 2.16 bits per heavy atom. The van der Waals surface area contributed by atoms with Crippen LogP contribution in [0.15, 0.2) is 22.7 Å². The van der Waals surface area contributed by atoms with E-state index in [1.54, 1.807) is 19.1 Å². The van der Waals surface area contributed by atoms with Crippen LogP contribution in [0.2, 0.25) is 5.15 Å². The van der Waals surface area contributed by atoms with Crippen molar-refractivity contribution in [3.8, 4) is 0 Å². The van der Waals surface area contributed by atoms with Crippen molar-refractivity contribution in [3.63, 3.8) is 0 Å². The van der Waals surface area contributed by atoms with Gasteiger partial charge in [-0.3, -0.25) is 4.79 Å². The maximum Gasteiger partial charge on any atom is 0.257 e. The van der Waals surface area contributed by atoms with E-state index in [4.69, 9.17) is 16.1 Å². The Kier molecular flexibility index (Phi) is 4.01. The third-order valence-corrected chi connectivity index (χ3v) is 2.48. The van der Waals surface area contributed by atoms with Gasteiger partial charge in [0, 0.05) is 18.2 Å². The number of hydrogen-bond donors (Lipinski definition) is 2. The molecule has 0 atom stereocenters. The second-order valence-corrected chi connectivity index (χ2v) is 4.26. The molecule has 2 N–H and O–H groups in total. The van der Waals surface area contributed by atoms with E-state index < -0.39 is 0 Å². The van der Waals surface area contributed by atoms with Gasteiger partial charge in [0.1, 0.15) is 16.7 Å². The Labute approximate surface area is 115 Å². The summed E-state index contributed by atoms with van der Waals surface area (Å²) in [5.74, 6) is 1.21. The number of aryl methyl sites for hydroxylation is 1. The van der Waals surface area contributed by atoms with E-state index in [9.17, 15) is 4.79 Å². The first-order valence-electron chi connectivity index (χ1n) is 5.74. The molecule has 0 unspecified atom stereocenters. The van der Waals surface area contributed by atoms with Gasteiger partial charge in [-0.1, -0.05) is 16.8 Å². The summed E-state index contributed by atoms with van der Waals surface area (Å²) in [5, 5.41) is 9.56. The van der Waals surface area contributed by atoms with Gasteiger partial charge in [0.2, 0.25) is 0 Å². The fraction of sp³-hybridized carbons (Fsp3) is 0.250. The fourth-order valence-electron chi connectivity index (χ4n) is 1.51. The molecule has 100 valence electrons. The molecule has 2 aromatic heterocycles. The molecule has 0 fully saturated rings. The molecule has 0 aromatic carbocycles. The second kappa shape index (κ2) is 5.71. The number of anilines is 2. The lowest BCUT2D eigenvalue weighted by atomic mass is 10.2. The Morgan fingerprint density at radius 1 is 1.37 bits per heavy atom. The number of carbonyl (C=O) groups is 1. The molecule has 19 heavy (non-hydrogen) atoms. The number of carbonyl (C=O) groups excluding carboxylic acids is 1. The molecule has 6 nitrogen and oxygen atoms in total. The predicted molar refractivity (Wildman–Crippen MR) is 72.6 cm³/mol. The van der Waals surface area contributed by atoms with Gasteiger partial charge in [0.15, 0.2) is 5.82 Å². The number of nitrogens with one attached hydrogen (secondary N) is 2. The van der Waals surface area contributed by atoms with E-state index in [-0.39, 0.29) is 11.1 Å². The smallest absolute Gasteiger partial charge is 0.257 e. The summed E-state index contributed by atoms with van der Waals surface area (Å²) in [7, 11) is 0. The van der Waals surface area contributed by atoms with Crippen LogP contribution < -0.4 is 10.6 Å². The van der Waals surface area contributed by atoms with Crippen molar-refractivity contribution in [1.82, 2.24) is 10.1 Å². The van der Waals surface area contributed by atoms with E-state index in [0.717, 1.165) is 0 Å². The van der Waals surface area contributed by atoms with Crippen LogP contribution in [-0.2, 0) is 0 Å². The van der Waals surface area contributed by atoms with Crippen molar-refractivity contribution < 1.29 is 9.32 Å². The minimum absolute atomic E-state index is 0.250. The van der Waals surface area contributed by atoms with Crippen LogP contribution in [0, 0.1) is 6.92 Å². The van der Waals surface area contributed by atoms with Crippen LogP contribution in [0.4, 0.5) is 11.6 Å². The van der Waals surface area contributed by atoms with Gasteiger partial charge in [0.05, 0.1) is 0 Å². The zero-order chi connectivity index (χ0) is 13.8. The summed E-state index contributed by atoms with van der Waals surface area (Å²) in [6, 6.07) is 4.74. The molecule has 0 spiro atoms. The largest absolute Gasteiger partial charge is 0.370 e. The van der Waals surface area contributed by atoms with E-state index in [0.29, 0.717) is 29.5 Å². The van der Waals surface area contributed by atoms with E-state index in [2.05, 4.69) is 20.8 Å². The molecule has 2 rings (SSSR count). The van der Waals surface area contributed by atoms with Crippen LogP contribution in [0.5, 0.6) is 0 Å². The maximum atomic E-state index is 12.0. The van der Waals surface area contributed by atoms with Crippen LogP contribution in [0.1, 0.15) is 23.0 Å². The first-order chi connectivity index (χ1) is 9.08. The van der Waals surface area contributed by atoms with Gasteiger partial charge in [0.25, 0.3) is 5.91 Å². The first-order valence-corrected chi connectivity index (χ1v) is 6.12. The SMILES string of the molecule is CCNc1cc(C(=O)Nc2cc(C)on2)cc(Cl)n1. The standard InChI is InChI=1S/C12H13ClN4O2/c1-3-14-10-6-8(5-9(13)15-10)12(18)16-11-4-7(2)19-17-11/h4-6H,3H2,1-2H3,(H,14,15)(H,16,17,18). The zero-order valence-corrected chi connectivity index (χ0v) is 11.3. The lowest BCUT2D eigenvalue weighted by Crippen LogP contribution is -2.13. The van der Waals surface area contributed by atoms with Crippen molar-refractivity contribution in [2.45, 2.75) is 13.8 Å². The molecular weight excluding hydrogens is 268 g/mol. The minimum atomic E-state index is -0.322. The monoisotopic (exact) mass is 280 g/mol. The summed E-state index contributed by atoms with van der Waals surface area (Å²) in [6.45, 7) is 4.37. The van der Waals surface area contributed by atoms with Crippen molar-refractivity contribution in [2.75, 3.05) is 17.2 Å². The molecule has 0 bridgehead atoms. The van der Waals surface area contributed by atoms with E-state index in [1.165, 1.54) is 6.07 Å². The topological polar surface area (TPSA) is 80.0 Å². The van der Waals surface area contributed by atoms with Gasteiger partial charge in [-0.15, -0.1) is 0 Å². The summed E-state index contributed by atoms with van der Waals surface area (Å²) >= 11 is 5.87. The Balaban J connectivity index is 2.18. The van der Waals surface area contributed by atoms with E-state index in [1.807, 2.05) is 6.92 Å². The van der Waals surface area contributed by atoms with Gasteiger partial charge >= 0.3 is 0 Å². The molecule has 0 saturated carbocycles.